The lowest BCUT2D eigenvalue weighted by Crippen LogP contribution is -2.14. The molecule has 0 bridgehead atoms. The molecule has 0 spiro atoms. The van der Waals surface area contributed by atoms with Crippen molar-refractivity contribution in [3.05, 3.63) is 0 Å². The normalized spacial score (nSPS) is 18.3. The fraction of sp³-hybridized carbons (Fsp3) is 0.722. The van der Waals surface area contributed by atoms with Gasteiger partial charge in [-0.2, -0.15) is 15.0 Å². The predicted molar refractivity (Wildman–Crippen MR) is 99.5 cm³/mol. The molecule has 1 unspecified atom stereocenters. The van der Waals surface area contributed by atoms with Gasteiger partial charge in [-0.3, -0.25) is 4.57 Å². The Morgan fingerprint density at radius 3 is 2.88 bits per heavy atom. The van der Waals surface area contributed by atoms with Gasteiger partial charge >= 0.3 is 6.01 Å². The Balaban J connectivity index is 1.81. The van der Waals surface area contributed by atoms with Crippen molar-refractivity contribution in [2.45, 2.75) is 71.1 Å². The summed E-state index contributed by atoms with van der Waals surface area (Å²) in [5, 5.41) is 0. The van der Waals surface area contributed by atoms with Crippen LogP contribution in [0.4, 0.5) is 5.82 Å². The third kappa shape index (κ3) is 4.17. The Morgan fingerprint density at radius 2 is 2.19 bits per heavy atom. The Labute approximate surface area is 154 Å². The van der Waals surface area contributed by atoms with E-state index in [1.165, 1.54) is 0 Å². The first kappa shape index (κ1) is 18.7. The van der Waals surface area contributed by atoms with Crippen LogP contribution < -0.4 is 15.2 Å². The summed E-state index contributed by atoms with van der Waals surface area (Å²) in [6.07, 6.45) is 6.64. The number of methoxy groups -OCH3 is 1. The van der Waals surface area contributed by atoms with Crippen LogP contribution in [0.1, 0.15) is 52.4 Å². The minimum atomic E-state index is 0.0367. The van der Waals surface area contributed by atoms with Crippen LogP contribution in [0, 0.1) is 0 Å². The smallest absolute Gasteiger partial charge is 0.320 e. The molecule has 26 heavy (non-hydrogen) atoms. The van der Waals surface area contributed by atoms with Crippen LogP contribution in [0.3, 0.4) is 0 Å². The highest BCUT2D eigenvalue weighted by atomic mass is 16.5. The van der Waals surface area contributed by atoms with Gasteiger partial charge in [-0.1, -0.05) is 13.3 Å². The molecule has 2 aromatic rings. The molecule has 0 amide bonds. The molecule has 1 saturated heterocycles. The average Bonchev–Trinajstić information content (AvgIpc) is 3.23. The van der Waals surface area contributed by atoms with E-state index in [4.69, 9.17) is 19.9 Å². The van der Waals surface area contributed by atoms with E-state index in [2.05, 4.69) is 21.9 Å². The summed E-state index contributed by atoms with van der Waals surface area (Å²) >= 11 is 0. The minimum absolute atomic E-state index is 0.0367. The van der Waals surface area contributed by atoms with Crippen LogP contribution in [0.5, 0.6) is 12.0 Å². The van der Waals surface area contributed by atoms with E-state index in [1.807, 2.05) is 11.5 Å². The van der Waals surface area contributed by atoms with E-state index < -0.39 is 0 Å². The molecule has 1 aliphatic rings. The van der Waals surface area contributed by atoms with Crippen LogP contribution >= 0.6 is 0 Å². The van der Waals surface area contributed by atoms with Crippen molar-refractivity contribution < 1.29 is 14.2 Å². The molecular formula is C18H29N5O3. The molecule has 0 aromatic carbocycles. The summed E-state index contributed by atoms with van der Waals surface area (Å²) in [5.41, 5.74) is 7.29. The van der Waals surface area contributed by atoms with E-state index in [1.54, 1.807) is 7.11 Å². The molecule has 2 aromatic heterocycles. The second kappa shape index (κ2) is 8.53. The van der Waals surface area contributed by atoms with Gasteiger partial charge in [-0.05, 0) is 39.0 Å². The molecule has 0 saturated carbocycles. The van der Waals surface area contributed by atoms with E-state index in [0.717, 1.165) is 51.7 Å². The summed E-state index contributed by atoms with van der Waals surface area (Å²) in [6, 6.07) is 0.783. The zero-order valence-electron chi connectivity index (χ0n) is 15.9. The highest BCUT2D eigenvalue weighted by Crippen LogP contribution is 2.27. The Morgan fingerprint density at radius 1 is 1.35 bits per heavy atom. The molecule has 2 N–H and O–H groups in total. The van der Waals surface area contributed by atoms with Gasteiger partial charge in [0.2, 0.25) is 0 Å². The van der Waals surface area contributed by atoms with Crippen LogP contribution in [0.15, 0.2) is 0 Å². The van der Waals surface area contributed by atoms with Gasteiger partial charge in [-0.25, -0.2) is 0 Å². The van der Waals surface area contributed by atoms with Gasteiger partial charge in [-0.15, -0.1) is 0 Å². The fourth-order valence-corrected chi connectivity index (χ4v) is 3.39. The van der Waals surface area contributed by atoms with Crippen molar-refractivity contribution in [1.29, 1.82) is 0 Å². The number of nitrogens with zero attached hydrogens (tertiary/aromatic N) is 4. The number of hydrogen-bond acceptors (Lipinski definition) is 7. The van der Waals surface area contributed by atoms with E-state index in [-0.39, 0.29) is 6.10 Å². The van der Waals surface area contributed by atoms with Gasteiger partial charge in [0, 0.05) is 13.2 Å². The third-order valence-corrected chi connectivity index (χ3v) is 4.68. The van der Waals surface area contributed by atoms with Crippen molar-refractivity contribution in [3.63, 3.8) is 0 Å². The fourth-order valence-electron chi connectivity index (χ4n) is 3.39. The zero-order chi connectivity index (χ0) is 18.5. The molecule has 0 radical (unpaired) electrons. The standard InChI is InChI=1S/C18H29N5O3/c1-4-7-12(2)26-17-21-15(19)14-16(22-17)23(18(20-14)24-3)10-5-8-13-9-6-11-25-13/h12-13H,4-11H2,1-3H3,(H2,19,21,22)/t12-,13?/m0/s1. The van der Waals surface area contributed by atoms with Crippen molar-refractivity contribution in [2.75, 3.05) is 19.5 Å². The SMILES string of the molecule is CCC[C@H](C)Oc1nc(N)c2nc(OC)n(CCCC3CCCO3)c2n1. The summed E-state index contributed by atoms with van der Waals surface area (Å²) in [7, 11) is 1.60. The number of anilines is 1. The maximum atomic E-state index is 6.09. The summed E-state index contributed by atoms with van der Waals surface area (Å²) in [4.78, 5) is 13.2. The van der Waals surface area contributed by atoms with Gasteiger partial charge in [0.05, 0.1) is 19.3 Å². The second-order valence-electron chi connectivity index (χ2n) is 6.81. The predicted octanol–water partition coefficient (Wildman–Crippen LogP) is 2.94. The van der Waals surface area contributed by atoms with Gasteiger partial charge < -0.3 is 19.9 Å². The van der Waals surface area contributed by atoms with Crippen LogP contribution in [-0.2, 0) is 11.3 Å². The summed E-state index contributed by atoms with van der Waals surface area (Å²) in [5.74, 6) is 0.310. The Bertz CT molecular complexity index is 727. The number of nitrogen functional groups attached to an aromatic ring is 1. The highest BCUT2D eigenvalue weighted by Gasteiger charge is 2.20. The molecule has 2 atom stereocenters. The topological polar surface area (TPSA) is 97.3 Å². The van der Waals surface area contributed by atoms with Crippen molar-refractivity contribution in [3.8, 4) is 12.0 Å². The molecule has 3 rings (SSSR count). The number of hydrogen-bond donors (Lipinski definition) is 1. The number of rotatable bonds is 9. The largest absolute Gasteiger partial charge is 0.468 e. The summed E-state index contributed by atoms with van der Waals surface area (Å²) in [6.45, 7) is 5.74. The molecule has 3 heterocycles. The van der Waals surface area contributed by atoms with Crippen LogP contribution in [0.25, 0.3) is 11.2 Å². The second-order valence-corrected chi connectivity index (χ2v) is 6.81. The van der Waals surface area contributed by atoms with Crippen molar-refractivity contribution in [2.24, 2.45) is 0 Å². The van der Waals surface area contributed by atoms with Crippen molar-refractivity contribution in [1.82, 2.24) is 19.5 Å². The lowest BCUT2D eigenvalue weighted by molar-refractivity contribution is 0.101. The number of fused-ring (bicyclic) bond motifs is 1. The number of nitrogens with two attached hydrogens (primary N) is 1. The molecule has 0 aliphatic carbocycles. The van der Waals surface area contributed by atoms with Crippen LogP contribution in [-0.4, -0.2) is 45.4 Å². The highest BCUT2D eigenvalue weighted by molar-refractivity contribution is 5.83. The monoisotopic (exact) mass is 363 g/mol. The Kier molecular flexibility index (Phi) is 6.13. The third-order valence-electron chi connectivity index (χ3n) is 4.68. The lowest BCUT2D eigenvalue weighted by atomic mass is 10.1. The van der Waals surface area contributed by atoms with Crippen LogP contribution in [0.2, 0.25) is 0 Å². The Hall–Kier alpha value is -2.09. The minimum Gasteiger partial charge on any atom is -0.468 e. The summed E-state index contributed by atoms with van der Waals surface area (Å²) < 4.78 is 18.9. The van der Waals surface area contributed by atoms with E-state index in [0.29, 0.717) is 35.1 Å². The number of imidazole rings is 1. The van der Waals surface area contributed by atoms with Gasteiger partial charge in [0.15, 0.2) is 17.0 Å². The van der Waals surface area contributed by atoms with E-state index in [9.17, 15) is 0 Å². The zero-order valence-corrected chi connectivity index (χ0v) is 15.9. The number of aryl methyl sites for hydroxylation is 1. The average molecular weight is 363 g/mol. The number of ether oxygens (including phenoxy) is 3. The molecular weight excluding hydrogens is 334 g/mol. The number of aromatic nitrogens is 4. The van der Waals surface area contributed by atoms with Crippen molar-refractivity contribution >= 4 is 17.0 Å². The quantitative estimate of drug-likeness (QED) is 0.731. The molecule has 144 valence electrons. The maximum absolute atomic E-state index is 6.09. The first-order valence-electron chi connectivity index (χ1n) is 9.48. The maximum Gasteiger partial charge on any atom is 0.320 e. The molecule has 1 aliphatic heterocycles. The van der Waals surface area contributed by atoms with Gasteiger partial charge in [0.1, 0.15) is 0 Å². The molecule has 8 heteroatoms. The lowest BCUT2D eigenvalue weighted by Gasteiger charge is -2.13. The molecule has 1 fully saturated rings. The first-order valence-corrected chi connectivity index (χ1v) is 9.48. The first-order chi connectivity index (χ1) is 12.6. The van der Waals surface area contributed by atoms with E-state index >= 15 is 0 Å². The van der Waals surface area contributed by atoms with Gasteiger partial charge in [0.25, 0.3) is 6.01 Å². The molecule has 8 nitrogen and oxygen atoms in total.